The molecule has 0 heterocycles. The van der Waals surface area contributed by atoms with Crippen molar-refractivity contribution in [2.45, 2.75) is 52.5 Å². The van der Waals surface area contributed by atoms with Crippen molar-refractivity contribution in [1.29, 1.82) is 0 Å². The third-order valence-corrected chi connectivity index (χ3v) is 3.62. The first-order valence-corrected chi connectivity index (χ1v) is 6.60. The van der Waals surface area contributed by atoms with E-state index in [1.165, 1.54) is 5.56 Å². The SMILES string of the molecule is [C-]#[N+]C(C)c1cc(C(C)(C)CC)ccc1OCC. The second kappa shape index (κ2) is 5.91. The van der Waals surface area contributed by atoms with Gasteiger partial charge in [0.15, 0.2) is 0 Å². The Morgan fingerprint density at radius 3 is 2.50 bits per heavy atom. The van der Waals surface area contributed by atoms with Crippen molar-refractivity contribution in [2.24, 2.45) is 0 Å². The van der Waals surface area contributed by atoms with Crippen molar-refractivity contribution >= 4 is 0 Å². The van der Waals surface area contributed by atoms with Crippen LogP contribution in [-0.4, -0.2) is 6.61 Å². The highest BCUT2D eigenvalue weighted by molar-refractivity contribution is 5.42. The van der Waals surface area contributed by atoms with Gasteiger partial charge >= 0.3 is 0 Å². The molecule has 0 aliphatic carbocycles. The van der Waals surface area contributed by atoms with Gasteiger partial charge in [0.05, 0.1) is 12.2 Å². The van der Waals surface area contributed by atoms with E-state index in [4.69, 9.17) is 11.3 Å². The standard InChI is InChI=1S/C16H23NO/c1-7-16(4,5)13-9-10-15(18-8-2)14(11-13)12(3)17-6/h9-12H,7-8H2,1-5H3. The van der Waals surface area contributed by atoms with Crippen molar-refractivity contribution in [2.75, 3.05) is 6.61 Å². The van der Waals surface area contributed by atoms with E-state index in [9.17, 15) is 0 Å². The molecule has 0 N–H and O–H groups in total. The van der Waals surface area contributed by atoms with E-state index in [0.29, 0.717) is 6.61 Å². The maximum atomic E-state index is 7.22. The quantitative estimate of drug-likeness (QED) is 0.682. The fraction of sp³-hybridized carbons (Fsp3) is 0.562. The first-order valence-electron chi connectivity index (χ1n) is 6.60. The van der Waals surface area contributed by atoms with E-state index in [0.717, 1.165) is 17.7 Å². The van der Waals surface area contributed by atoms with Crippen LogP contribution in [0.4, 0.5) is 0 Å². The minimum absolute atomic E-state index is 0.140. The van der Waals surface area contributed by atoms with Crippen LogP contribution in [0.3, 0.4) is 0 Å². The molecule has 2 heteroatoms. The zero-order valence-electron chi connectivity index (χ0n) is 12.1. The van der Waals surface area contributed by atoms with Crippen LogP contribution in [0.25, 0.3) is 4.85 Å². The van der Waals surface area contributed by atoms with Gasteiger partial charge in [0, 0.05) is 6.92 Å². The number of nitrogens with zero attached hydrogens (tertiary/aromatic N) is 1. The molecule has 1 unspecified atom stereocenters. The average Bonchev–Trinajstić information content (AvgIpc) is 2.38. The second-order valence-corrected chi connectivity index (χ2v) is 5.23. The van der Waals surface area contributed by atoms with Gasteiger partial charge in [-0.05, 0) is 36.5 Å². The van der Waals surface area contributed by atoms with E-state index < -0.39 is 0 Å². The van der Waals surface area contributed by atoms with Crippen LogP contribution in [0.2, 0.25) is 0 Å². The predicted molar refractivity (Wildman–Crippen MR) is 75.9 cm³/mol. The summed E-state index contributed by atoms with van der Waals surface area (Å²) in [5.74, 6) is 0.844. The fourth-order valence-electron chi connectivity index (χ4n) is 1.86. The van der Waals surface area contributed by atoms with Crippen LogP contribution in [0, 0.1) is 6.57 Å². The molecule has 0 saturated carbocycles. The Hall–Kier alpha value is -1.49. The monoisotopic (exact) mass is 245 g/mol. The zero-order valence-corrected chi connectivity index (χ0v) is 12.1. The Morgan fingerprint density at radius 1 is 1.33 bits per heavy atom. The second-order valence-electron chi connectivity index (χ2n) is 5.23. The molecule has 1 rings (SSSR count). The third-order valence-electron chi connectivity index (χ3n) is 3.62. The van der Waals surface area contributed by atoms with Gasteiger partial charge in [-0.15, -0.1) is 0 Å². The largest absolute Gasteiger partial charge is 0.493 e. The van der Waals surface area contributed by atoms with Gasteiger partial charge < -0.3 is 9.58 Å². The van der Waals surface area contributed by atoms with Crippen molar-refractivity contribution in [3.8, 4) is 5.75 Å². The van der Waals surface area contributed by atoms with E-state index in [2.05, 4.69) is 37.7 Å². The smallest absolute Gasteiger partial charge is 0.249 e. The lowest BCUT2D eigenvalue weighted by Crippen LogP contribution is -2.16. The highest BCUT2D eigenvalue weighted by Gasteiger charge is 2.22. The molecular formula is C16H23NO. The van der Waals surface area contributed by atoms with E-state index in [-0.39, 0.29) is 11.5 Å². The number of benzene rings is 1. The maximum absolute atomic E-state index is 7.22. The normalized spacial score (nSPS) is 12.9. The fourth-order valence-corrected chi connectivity index (χ4v) is 1.86. The van der Waals surface area contributed by atoms with Gasteiger partial charge in [-0.3, -0.25) is 0 Å². The lowest BCUT2D eigenvalue weighted by atomic mass is 9.81. The van der Waals surface area contributed by atoms with Crippen molar-refractivity contribution in [1.82, 2.24) is 0 Å². The molecule has 0 saturated heterocycles. The number of rotatable bonds is 5. The predicted octanol–water partition coefficient (Wildman–Crippen LogP) is 4.75. The number of hydrogen-bond acceptors (Lipinski definition) is 1. The first kappa shape index (κ1) is 14.6. The van der Waals surface area contributed by atoms with Crippen molar-refractivity contribution < 1.29 is 4.74 Å². The Morgan fingerprint density at radius 2 is 2.00 bits per heavy atom. The van der Waals surface area contributed by atoms with E-state index >= 15 is 0 Å². The van der Waals surface area contributed by atoms with Crippen LogP contribution in [-0.2, 0) is 5.41 Å². The van der Waals surface area contributed by atoms with Crippen LogP contribution < -0.4 is 4.74 Å². The van der Waals surface area contributed by atoms with Crippen molar-refractivity contribution in [3.63, 3.8) is 0 Å². The summed E-state index contributed by atoms with van der Waals surface area (Å²) < 4.78 is 5.62. The Balaban J connectivity index is 3.26. The molecule has 1 aromatic rings. The lowest BCUT2D eigenvalue weighted by molar-refractivity contribution is 0.335. The summed E-state index contributed by atoms with van der Waals surface area (Å²) in [5, 5.41) is 0. The molecule has 1 aromatic carbocycles. The minimum atomic E-state index is -0.154. The summed E-state index contributed by atoms with van der Waals surface area (Å²) >= 11 is 0. The zero-order chi connectivity index (χ0) is 13.8. The van der Waals surface area contributed by atoms with Gasteiger partial charge in [-0.2, -0.15) is 0 Å². The van der Waals surface area contributed by atoms with Gasteiger partial charge in [0.25, 0.3) is 0 Å². The van der Waals surface area contributed by atoms with Crippen LogP contribution in [0.5, 0.6) is 5.75 Å². The molecule has 18 heavy (non-hydrogen) atoms. The van der Waals surface area contributed by atoms with Gasteiger partial charge in [-0.25, -0.2) is 6.57 Å². The Kier molecular flexibility index (Phi) is 4.78. The van der Waals surface area contributed by atoms with Gasteiger partial charge in [0.2, 0.25) is 6.04 Å². The van der Waals surface area contributed by atoms with Gasteiger partial charge in [0.1, 0.15) is 5.75 Å². The number of ether oxygens (including phenoxy) is 1. The molecular weight excluding hydrogens is 222 g/mol. The van der Waals surface area contributed by atoms with E-state index in [1.54, 1.807) is 0 Å². The Bertz CT molecular complexity index is 443. The molecule has 2 nitrogen and oxygen atoms in total. The third kappa shape index (κ3) is 3.04. The molecule has 0 aliphatic heterocycles. The molecule has 0 radical (unpaired) electrons. The lowest BCUT2D eigenvalue weighted by Gasteiger charge is -2.24. The molecule has 0 spiro atoms. The first-order chi connectivity index (χ1) is 8.46. The highest BCUT2D eigenvalue weighted by Crippen LogP contribution is 2.34. The molecule has 0 amide bonds. The average molecular weight is 245 g/mol. The Labute approximate surface area is 111 Å². The van der Waals surface area contributed by atoms with Crippen LogP contribution in [0.1, 0.15) is 58.2 Å². The summed E-state index contributed by atoms with van der Waals surface area (Å²) in [7, 11) is 0. The summed E-state index contributed by atoms with van der Waals surface area (Å²) in [6.07, 6.45) is 1.08. The minimum Gasteiger partial charge on any atom is -0.493 e. The maximum Gasteiger partial charge on any atom is 0.249 e. The number of hydrogen-bond donors (Lipinski definition) is 0. The summed E-state index contributed by atoms with van der Waals surface area (Å²) in [6.45, 7) is 18.4. The summed E-state index contributed by atoms with van der Waals surface area (Å²) in [4.78, 5) is 3.62. The molecule has 1 atom stereocenters. The summed E-state index contributed by atoms with van der Waals surface area (Å²) in [6, 6.07) is 6.11. The summed E-state index contributed by atoms with van der Waals surface area (Å²) in [5.41, 5.74) is 2.42. The molecule has 0 bridgehead atoms. The molecule has 0 aromatic heterocycles. The van der Waals surface area contributed by atoms with Crippen LogP contribution >= 0.6 is 0 Å². The molecule has 0 aliphatic rings. The van der Waals surface area contributed by atoms with Crippen LogP contribution in [0.15, 0.2) is 18.2 Å². The van der Waals surface area contributed by atoms with E-state index in [1.807, 2.05) is 19.9 Å². The molecule has 0 fully saturated rings. The molecule has 98 valence electrons. The highest BCUT2D eigenvalue weighted by atomic mass is 16.5. The van der Waals surface area contributed by atoms with Gasteiger partial charge in [-0.1, -0.05) is 26.8 Å². The topological polar surface area (TPSA) is 13.6 Å². The van der Waals surface area contributed by atoms with Crippen molar-refractivity contribution in [3.05, 3.63) is 40.7 Å².